The molecule has 0 saturated heterocycles. The molecule has 0 spiro atoms. The molecular formula is C13H15FN4O2S. The fourth-order valence-electron chi connectivity index (χ4n) is 1.78. The van der Waals surface area contributed by atoms with Crippen molar-refractivity contribution in [2.45, 2.75) is 29.4 Å². The van der Waals surface area contributed by atoms with E-state index in [0.29, 0.717) is 11.3 Å². The maximum Gasteiger partial charge on any atom is 0.339 e. The Balaban J connectivity index is 2.30. The lowest BCUT2D eigenvalue weighted by Gasteiger charge is -2.09. The molecule has 1 atom stereocenters. The number of aromatic amines is 1. The van der Waals surface area contributed by atoms with E-state index in [1.54, 1.807) is 12.1 Å². The topological polar surface area (TPSA) is 93.8 Å². The number of H-pyrrole nitrogens is 1. The van der Waals surface area contributed by atoms with Crippen molar-refractivity contribution in [3.05, 3.63) is 50.3 Å². The molecule has 0 saturated carbocycles. The zero-order valence-corrected chi connectivity index (χ0v) is 12.4. The van der Waals surface area contributed by atoms with Gasteiger partial charge in [-0.15, -0.1) is 0 Å². The molecule has 8 heteroatoms. The van der Waals surface area contributed by atoms with Crippen LogP contribution in [0.2, 0.25) is 0 Å². The van der Waals surface area contributed by atoms with Gasteiger partial charge >= 0.3 is 11.1 Å². The van der Waals surface area contributed by atoms with Crippen LogP contribution < -0.4 is 16.9 Å². The van der Waals surface area contributed by atoms with Gasteiger partial charge in [0.25, 0.3) is 0 Å². The van der Waals surface area contributed by atoms with Gasteiger partial charge in [-0.2, -0.15) is 4.98 Å². The van der Waals surface area contributed by atoms with Crippen molar-refractivity contribution in [1.29, 1.82) is 0 Å². The van der Waals surface area contributed by atoms with E-state index in [0.717, 1.165) is 17.3 Å². The zero-order valence-electron chi connectivity index (χ0n) is 11.6. The first-order valence-electron chi connectivity index (χ1n) is 6.26. The highest BCUT2D eigenvalue weighted by atomic mass is 32.2. The van der Waals surface area contributed by atoms with Crippen molar-refractivity contribution in [3.8, 4) is 0 Å². The number of benzene rings is 1. The summed E-state index contributed by atoms with van der Waals surface area (Å²) in [7, 11) is 1.53. The second-order valence-corrected chi connectivity index (χ2v) is 5.76. The van der Waals surface area contributed by atoms with Crippen LogP contribution in [0.15, 0.2) is 37.8 Å². The molecular weight excluding hydrogens is 295 g/mol. The Morgan fingerprint density at radius 2 is 2.19 bits per heavy atom. The first-order chi connectivity index (χ1) is 9.86. The van der Waals surface area contributed by atoms with Gasteiger partial charge < -0.3 is 5.73 Å². The van der Waals surface area contributed by atoms with Crippen LogP contribution >= 0.6 is 11.8 Å². The van der Waals surface area contributed by atoms with Crippen LogP contribution in [0.5, 0.6) is 0 Å². The Labute approximate surface area is 124 Å². The monoisotopic (exact) mass is 310 g/mol. The van der Waals surface area contributed by atoms with E-state index >= 15 is 0 Å². The molecule has 0 bridgehead atoms. The highest BCUT2D eigenvalue weighted by Gasteiger charge is 2.11. The Bertz CT molecular complexity index is 769. The molecule has 112 valence electrons. The van der Waals surface area contributed by atoms with Crippen molar-refractivity contribution in [3.63, 3.8) is 0 Å². The second-order valence-electron chi connectivity index (χ2n) is 4.75. The number of halogens is 1. The van der Waals surface area contributed by atoms with E-state index in [1.807, 2.05) is 6.92 Å². The van der Waals surface area contributed by atoms with Crippen LogP contribution in [0, 0.1) is 5.82 Å². The SMILES string of the molecule is CC(N)Cc1ccc(Sc2nc(=O)c(=O)[nH]n2C)c(F)c1. The summed E-state index contributed by atoms with van der Waals surface area (Å²) in [5, 5.41) is 2.52. The van der Waals surface area contributed by atoms with Gasteiger partial charge in [0.1, 0.15) is 5.82 Å². The number of hydrogen-bond acceptors (Lipinski definition) is 5. The van der Waals surface area contributed by atoms with Gasteiger partial charge in [-0.3, -0.25) is 19.4 Å². The molecule has 0 aliphatic rings. The van der Waals surface area contributed by atoms with Crippen molar-refractivity contribution >= 4 is 11.8 Å². The minimum atomic E-state index is -0.899. The summed E-state index contributed by atoms with van der Waals surface area (Å²) in [5.74, 6) is -0.418. The minimum absolute atomic E-state index is 0.0513. The number of nitrogens with two attached hydrogens (primary N) is 1. The first-order valence-corrected chi connectivity index (χ1v) is 7.07. The number of aryl methyl sites for hydroxylation is 1. The van der Waals surface area contributed by atoms with Gasteiger partial charge in [0.05, 0.1) is 4.90 Å². The molecule has 1 heterocycles. The van der Waals surface area contributed by atoms with Gasteiger partial charge in [-0.1, -0.05) is 6.07 Å². The van der Waals surface area contributed by atoms with Crippen LogP contribution in [-0.4, -0.2) is 20.8 Å². The van der Waals surface area contributed by atoms with Crippen molar-refractivity contribution < 1.29 is 4.39 Å². The summed E-state index contributed by atoms with van der Waals surface area (Å²) in [6.07, 6.45) is 0.581. The van der Waals surface area contributed by atoms with Crippen LogP contribution in [0.4, 0.5) is 4.39 Å². The maximum absolute atomic E-state index is 14.0. The fraction of sp³-hybridized carbons (Fsp3) is 0.308. The Kier molecular flexibility index (Phi) is 4.59. The van der Waals surface area contributed by atoms with E-state index < -0.39 is 16.9 Å². The molecule has 21 heavy (non-hydrogen) atoms. The highest BCUT2D eigenvalue weighted by molar-refractivity contribution is 7.99. The number of nitrogens with zero attached hydrogens (tertiary/aromatic N) is 2. The van der Waals surface area contributed by atoms with E-state index in [2.05, 4.69) is 10.1 Å². The third kappa shape index (κ3) is 3.79. The van der Waals surface area contributed by atoms with E-state index in [-0.39, 0.29) is 11.2 Å². The molecule has 1 aromatic carbocycles. The summed E-state index contributed by atoms with van der Waals surface area (Å²) in [4.78, 5) is 26.3. The van der Waals surface area contributed by atoms with E-state index in [4.69, 9.17) is 5.73 Å². The number of hydrogen-bond donors (Lipinski definition) is 2. The Morgan fingerprint density at radius 1 is 1.48 bits per heavy atom. The predicted octanol–water partition coefficient (Wildman–Crippen LogP) is 0.649. The minimum Gasteiger partial charge on any atom is -0.328 e. The smallest absolute Gasteiger partial charge is 0.328 e. The molecule has 0 aliphatic heterocycles. The zero-order chi connectivity index (χ0) is 15.6. The van der Waals surface area contributed by atoms with E-state index in [1.165, 1.54) is 17.8 Å². The molecule has 0 radical (unpaired) electrons. The normalized spacial score (nSPS) is 12.4. The molecule has 1 unspecified atom stereocenters. The summed E-state index contributed by atoms with van der Waals surface area (Å²) in [5.41, 5.74) is 4.77. The number of aromatic nitrogens is 3. The van der Waals surface area contributed by atoms with Crippen LogP contribution in [0.3, 0.4) is 0 Å². The molecule has 2 aromatic rings. The largest absolute Gasteiger partial charge is 0.339 e. The molecule has 0 aliphatic carbocycles. The van der Waals surface area contributed by atoms with E-state index in [9.17, 15) is 14.0 Å². The van der Waals surface area contributed by atoms with Gasteiger partial charge in [0.15, 0.2) is 5.16 Å². The molecule has 0 amide bonds. The summed E-state index contributed by atoms with van der Waals surface area (Å²) in [6.45, 7) is 1.85. The third-order valence-electron chi connectivity index (χ3n) is 2.70. The average molecular weight is 310 g/mol. The average Bonchev–Trinajstić information content (AvgIpc) is 2.38. The predicted molar refractivity (Wildman–Crippen MR) is 78.0 cm³/mol. The van der Waals surface area contributed by atoms with Gasteiger partial charge in [-0.25, -0.2) is 4.39 Å². The van der Waals surface area contributed by atoms with Crippen LogP contribution in [0.1, 0.15) is 12.5 Å². The van der Waals surface area contributed by atoms with Crippen molar-refractivity contribution in [2.75, 3.05) is 0 Å². The number of rotatable bonds is 4. The lowest BCUT2D eigenvalue weighted by molar-refractivity contribution is 0.585. The maximum atomic E-state index is 14.0. The summed E-state index contributed by atoms with van der Waals surface area (Å²) in [6, 6.07) is 4.74. The standard InChI is InChI=1S/C13H15FN4O2S/c1-7(15)5-8-3-4-10(9(14)6-8)21-13-16-11(19)12(20)17-18(13)2/h3-4,6-7H,5,15H2,1-2H3,(H,17,20). The summed E-state index contributed by atoms with van der Waals surface area (Å²) < 4.78 is 15.3. The van der Waals surface area contributed by atoms with Gasteiger partial charge in [0.2, 0.25) is 0 Å². The quantitative estimate of drug-likeness (QED) is 0.809. The Morgan fingerprint density at radius 3 is 2.81 bits per heavy atom. The molecule has 3 N–H and O–H groups in total. The lowest BCUT2D eigenvalue weighted by atomic mass is 10.1. The molecule has 1 aromatic heterocycles. The molecule has 2 rings (SSSR count). The first kappa shape index (κ1) is 15.5. The lowest BCUT2D eigenvalue weighted by Crippen LogP contribution is -2.33. The summed E-state index contributed by atoms with van der Waals surface area (Å²) >= 11 is 0.967. The van der Waals surface area contributed by atoms with Crippen LogP contribution in [0.25, 0.3) is 0 Å². The fourth-order valence-corrected chi connectivity index (χ4v) is 2.58. The van der Waals surface area contributed by atoms with Crippen molar-refractivity contribution in [2.24, 2.45) is 12.8 Å². The van der Waals surface area contributed by atoms with Gasteiger partial charge in [-0.05, 0) is 42.8 Å². The van der Waals surface area contributed by atoms with Gasteiger partial charge in [0, 0.05) is 13.1 Å². The molecule has 0 fully saturated rings. The second kappa shape index (κ2) is 6.23. The van der Waals surface area contributed by atoms with Crippen LogP contribution in [-0.2, 0) is 13.5 Å². The number of nitrogens with one attached hydrogen (secondary N) is 1. The van der Waals surface area contributed by atoms with Crippen molar-refractivity contribution in [1.82, 2.24) is 14.8 Å². The highest BCUT2D eigenvalue weighted by Crippen LogP contribution is 2.27. The third-order valence-corrected chi connectivity index (χ3v) is 3.80. The Hall–Kier alpha value is -1.93. The molecule has 6 nitrogen and oxygen atoms in total.